The number of amides is 2. The molecule has 0 atom stereocenters. The average Bonchev–Trinajstić information content (AvgIpc) is 3.12. The van der Waals surface area contributed by atoms with Crippen molar-refractivity contribution in [2.24, 2.45) is 0 Å². The number of aryl methyl sites for hydroxylation is 1. The van der Waals surface area contributed by atoms with Crippen LogP contribution < -0.4 is 10.6 Å². The Bertz CT molecular complexity index is 959. The number of hydrogen-bond acceptors (Lipinski definition) is 6. The Balaban J connectivity index is 1.59. The molecule has 3 rings (SSSR count). The van der Waals surface area contributed by atoms with Gasteiger partial charge in [-0.05, 0) is 30.3 Å². The summed E-state index contributed by atoms with van der Waals surface area (Å²) in [5, 5.41) is 8.81. The minimum atomic E-state index is -0.604. The third kappa shape index (κ3) is 4.94. The molecular formula is C18H16FN5O3. The molecule has 0 radical (unpaired) electrons. The van der Waals surface area contributed by atoms with E-state index >= 15 is 0 Å². The zero-order valence-electron chi connectivity index (χ0n) is 14.4. The first-order chi connectivity index (χ1) is 13.0. The number of aromatic nitrogens is 3. The average molecular weight is 369 g/mol. The molecular weight excluding hydrogens is 353 g/mol. The van der Waals surface area contributed by atoms with Crippen molar-refractivity contribution in [2.45, 2.75) is 19.8 Å². The van der Waals surface area contributed by atoms with Gasteiger partial charge < -0.3 is 15.2 Å². The zero-order valence-corrected chi connectivity index (χ0v) is 14.4. The summed E-state index contributed by atoms with van der Waals surface area (Å²) in [6.45, 7) is 1.34. The highest BCUT2D eigenvalue weighted by molar-refractivity contribution is 5.93. The van der Waals surface area contributed by atoms with E-state index in [0.717, 1.165) is 6.07 Å². The van der Waals surface area contributed by atoms with Crippen LogP contribution in [0.15, 0.2) is 47.1 Å². The molecule has 2 amide bonds. The van der Waals surface area contributed by atoms with Crippen LogP contribution >= 0.6 is 0 Å². The maximum absolute atomic E-state index is 13.8. The van der Waals surface area contributed by atoms with Gasteiger partial charge in [0.2, 0.25) is 23.5 Å². The number of hydrogen-bond donors (Lipinski definition) is 2. The number of pyridine rings is 1. The summed E-state index contributed by atoms with van der Waals surface area (Å²) in [5.41, 5.74) is 0.927. The summed E-state index contributed by atoms with van der Waals surface area (Å²) >= 11 is 0. The standard InChI is InChI=1S/C18H16FN5O3/c1-11(25)21-12-5-6-13(19)15(10-12)22-16(26)7-8-17-23-18(24-27-17)14-4-2-3-9-20-14/h2-6,9-10H,7-8H2,1H3,(H,21,25)(H,22,26). The van der Waals surface area contributed by atoms with E-state index in [1.807, 2.05) is 0 Å². The molecule has 0 unspecified atom stereocenters. The smallest absolute Gasteiger partial charge is 0.227 e. The maximum Gasteiger partial charge on any atom is 0.227 e. The Morgan fingerprint density at radius 2 is 2.04 bits per heavy atom. The Labute approximate surface area is 153 Å². The highest BCUT2D eigenvalue weighted by atomic mass is 19.1. The fourth-order valence-electron chi connectivity index (χ4n) is 2.29. The predicted molar refractivity (Wildman–Crippen MR) is 95.2 cm³/mol. The van der Waals surface area contributed by atoms with E-state index < -0.39 is 11.7 Å². The van der Waals surface area contributed by atoms with Crippen molar-refractivity contribution in [3.63, 3.8) is 0 Å². The van der Waals surface area contributed by atoms with Crippen LogP contribution in [0.4, 0.5) is 15.8 Å². The molecule has 0 aliphatic carbocycles. The van der Waals surface area contributed by atoms with Gasteiger partial charge in [0.15, 0.2) is 0 Å². The topological polar surface area (TPSA) is 110 Å². The summed E-state index contributed by atoms with van der Waals surface area (Å²) in [7, 11) is 0. The monoisotopic (exact) mass is 369 g/mol. The summed E-state index contributed by atoms with van der Waals surface area (Å²) < 4.78 is 19.0. The van der Waals surface area contributed by atoms with Gasteiger partial charge in [0.05, 0.1) is 5.69 Å². The number of rotatable bonds is 6. The highest BCUT2D eigenvalue weighted by Crippen LogP contribution is 2.20. The molecule has 1 aromatic carbocycles. The number of benzene rings is 1. The second kappa shape index (κ2) is 8.17. The van der Waals surface area contributed by atoms with Crippen LogP contribution in [0.2, 0.25) is 0 Å². The van der Waals surface area contributed by atoms with Crippen molar-refractivity contribution in [1.29, 1.82) is 0 Å². The molecule has 8 nitrogen and oxygen atoms in total. The lowest BCUT2D eigenvalue weighted by Crippen LogP contribution is -2.14. The number of carbonyl (C=O) groups excluding carboxylic acids is 2. The van der Waals surface area contributed by atoms with Crippen molar-refractivity contribution in [1.82, 2.24) is 15.1 Å². The van der Waals surface area contributed by atoms with Gasteiger partial charge >= 0.3 is 0 Å². The number of anilines is 2. The summed E-state index contributed by atoms with van der Waals surface area (Å²) in [6.07, 6.45) is 1.83. The first-order valence-corrected chi connectivity index (χ1v) is 8.12. The Hall–Kier alpha value is -3.62. The SMILES string of the molecule is CC(=O)Nc1ccc(F)c(NC(=O)CCc2nc(-c3ccccn3)no2)c1. The Morgan fingerprint density at radius 3 is 2.78 bits per heavy atom. The van der Waals surface area contributed by atoms with E-state index in [1.54, 1.807) is 24.4 Å². The van der Waals surface area contributed by atoms with Crippen LogP contribution in [0.5, 0.6) is 0 Å². The Kier molecular flexibility index (Phi) is 5.50. The first kappa shape index (κ1) is 18.2. The van der Waals surface area contributed by atoms with Gasteiger partial charge in [-0.3, -0.25) is 14.6 Å². The van der Waals surface area contributed by atoms with E-state index in [-0.39, 0.29) is 30.3 Å². The second-order valence-electron chi connectivity index (χ2n) is 5.65. The highest BCUT2D eigenvalue weighted by Gasteiger charge is 2.13. The van der Waals surface area contributed by atoms with Gasteiger partial charge in [-0.2, -0.15) is 4.98 Å². The fraction of sp³-hybridized carbons (Fsp3) is 0.167. The summed E-state index contributed by atoms with van der Waals surface area (Å²) in [4.78, 5) is 31.5. The van der Waals surface area contributed by atoms with Gasteiger partial charge in [0.1, 0.15) is 11.5 Å². The van der Waals surface area contributed by atoms with Crippen LogP contribution in [0.1, 0.15) is 19.2 Å². The third-order valence-electron chi connectivity index (χ3n) is 3.49. The predicted octanol–water partition coefficient (Wildman–Crippen LogP) is 2.80. The van der Waals surface area contributed by atoms with E-state index in [0.29, 0.717) is 17.2 Å². The molecule has 3 aromatic rings. The molecule has 2 heterocycles. The normalized spacial score (nSPS) is 10.4. The molecule has 27 heavy (non-hydrogen) atoms. The van der Waals surface area contributed by atoms with E-state index in [9.17, 15) is 14.0 Å². The zero-order chi connectivity index (χ0) is 19.2. The van der Waals surface area contributed by atoms with Crippen molar-refractivity contribution in [3.8, 4) is 11.5 Å². The second-order valence-corrected chi connectivity index (χ2v) is 5.65. The molecule has 0 fully saturated rings. The Morgan fingerprint density at radius 1 is 1.19 bits per heavy atom. The van der Waals surface area contributed by atoms with Crippen molar-refractivity contribution < 1.29 is 18.5 Å². The lowest BCUT2D eigenvalue weighted by molar-refractivity contribution is -0.116. The first-order valence-electron chi connectivity index (χ1n) is 8.12. The largest absolute Gasteiger partial charge is 0.339 e. The van der Waals surface area contributed by atoms with E-state index in [4.69, 9.17) is 4.52 Å². The summed E-state index contributed by atoms with van der Waals surface area (Å²) in [6, 6.07) is 9.24. The minimum Gasteiger partial charge on any atom is -0.339 e. The molecule has 0 saturated heterocycles. The summed E-state index contributed by atoms with van der Waals surface area (Å²) in [5.74, 6) is -0.712. The van der Waals surface area contributed by atoms with E-state index in [1.165, 1.54) is 19.1 Å². The number of nitrogens with one attached hydrogen (secondary N) is 2. The van der Waals surface area contributed by atoms with Crippen molar-refractivity contribution in [3.05, 3.63) is 54.3 Å². The molecule has 9 heteroatoms. The van der Waals surface area contributed by atoms with Gasteiger partial charge in [-0.1, -0.05) is 11.2 Å². The molecule has 138 valence electrons. The molecule has 0 saturated carbocycles. The molecule has 0 aliphatic heterocycles. The molecule has 0 bridgehead atoms. The quantitative estimate of drug-likeness (QED) is 0.691. The number of nitrogens with zero attached hydrogens (tertiary/aromatic N) is 3. The van der Waals surface area contributed by atoms with Gasteiger partial charge in [0, 0.05) is 31.6 Å². The van der Waals surface area contributed by atoms with Gasteiger partial charge in [-0.25, -0.2) is 4.39 Å². The minimum absolute atomic E-state index is 0.0215. The van der Waals surface area contributed by atoms with Gasteiger partial charge in [0.25, 0.3) is 0 Å². The molecule has 0 spiro atoms. The van der Waals surface area contributed by atoms with Crippen molar-refractivity contribution >= 4 is 23.2 Å². The maximum atomic E-state index is 13.8. The molecule has 2 N–H and O–H groups in total. The van der Waals surface area contributed by atoms with Crippen LogP contribution in [0.25, 0.3) is 11.5 Å². The van der Waals surface area contributed by atoms with Crippen LogP contribution in [-0.4, -0.2) is 26.9 Å². The van der Waals surface area contributed by atoms with E-state index in [2.05, 4.69) is 25.8 Å². The number of carbonyl (C=O) groups is 2. The number of halogens is 1. The molecule has 2 aromatic heterocycles. The van der Waals surface area contributed by atoms with Crippen LogP contribution in [-0.2, 0) is 16.0 Å². The van der Waals surface area contributed by atoms with Crippen LogP contribution in [0.3, 0.4) is 0 Å². The lowest BCUT2D eigenvalue weighted by Gasteiger charge is -2.08. The fourth-order valence-corrected chi connectivity index (χ4v) is 2.29. The van der Waals surface area contributed by atoms with Crippen molar-refractivity contribution in [2.75, 3.05) is 10.6 Å². The van der Waals surface area contributed by atoms with Gasteiger partial charge in [-0.15, -0.1) is 0 Å². The lowest BCUT2D eigenvalue weighted by atomic mass is 10.2. The van der Waals surface area contributed by atoms with Crippen LogP contribution in [0, 0.1) is 5.82 Å². The molecule has 0 aliphatic rings. The third-order valence-corrected chi connectivity index (χ3v) is 3.49.